The Labute approximate surface area is 102 Å². The predicted octanol–water partition coefficient (Wildman–Crippen LogP) is -2.51. The van der Waals surface area contributed by atoms with E-state index in [1.54, 1.807) is 0 Å². The Morgan fingerprint density at radius 1 is 1.06 bits per heavy atom. The van der Waals surface area contributed by atoms with E-state index in [2.05, 4.69) is 10.6 Å². The number of carboxylic acids is 2. The van der Waals surface area contributed by atoms with Gasteiger partial charge in [0.15, 0.2) is 0 Å². The van der Waals surface area contributed by atoms with Crippen molar-refractivity contribution in [2.45, 2.75) is 24.9 Å². The van der Waals surface area contributed by atoms with E-state index in [-0.39, 0.29) is 0 Å². The number of hydrogen-bond acceptors (Lipinski definition) is 5. The second-order valence-corrected chi connectivity index (χ2v) is 3.48. The van der Waals surface area contributed by atoms with Crippen molar-refractivity contribution in [2.75, 3.05) is 7.05 Å². The molecular weight excluding hydrogens is 246 g/mol. The molecule has 2 amide bonds. The van der Waals surface area contributed by atoms with Gasteiger partial charge in [-0.3, -0.25) is 19.2 Å². The van der Waals surface area contributed by atoms with Gasteiger partial charge in [0, 0.05) is 7.05 Å². The van der Waals surface area contributed by atoms with Crippen LogP contribution in [0.1, 0.15) is 12.8 Å². The van der Waals surface area contributed by atoms with Crippen LogP contribution in [0, 0.1) is 0 Å². The van der Waals surface area contributed by atoms with Gasteiger partial charge in [0.1, 0.15) is 6.04 Å². The lowest BCUT2D eigenvalue weighted by atomic mass is 10.1. The Kier molecular flexibility index (Phi) is 6.35. The third-order valence-electron chi connectivity index (χ3n) is 1.99. The van der Waals surface area contributed by atoms with Crippen LogP contribution in [0.3, 0.4) is 0 Å². The van der Waals surface area contributed by atoms with Gasteiger partial charge in [-0.05, 0) is 0 Å². The summed E-state index contributed by atoms with van der Waals surface area (Å²) in [6, 6.07) is -2.64. The molecule has 0 saturated heterocycles. The molecule has 0 heterocycles. The Morgan fingerprint density at radius 3 is 1.94 bits per heavy atom. The van der Waals surface area contributed by atoms with Crippen LogP contribution >= 0.6 is 0 Å². The SMILES string of the molecule is CNC(=O)C(CC(=O)O)NC(=O)C(N)CC(=O)O. The van der Waals surface area contributed by atoms with Gasteiger partial charge < -0.3 is 26.6 Å². The van der Waals surface area contributed by atoms with Crippen LogP contribution in [0.15, 0.2) is 0 Å². The van der Waals surface area contributed by atoms with Crippen LogP contribution in [0.25, 0.3) is 0 Å². The number of nitrogens with two attached hydrogens (primary N) is 1. The molecule has 0 aromatic rings. The average molecular weight is 261 g/mol. The zero-order chi connectivity index (χ0) is 14.3. The molecule has 0 aromatic heterocycles. The summed E-state index contributed by atoms with van der Waals surface area (Å²) in [5.41, 5.74) is 5.27. The monoisotopic (exact) mass is 261 g/mol. The molecule has 102 valence electrons. The minimum atomic E-state index is -1.34. The third kappa shape index (κ3) is 5.80. The molecule has 0 fully saturated rings. The van der Waals surface area contributed by atoms with Crippen molar-refractivity contribution >= 4 is 23.8 Å². The average Bonchev–Trinajstić information content (AvgIpc) is 2.25. The Bertz CT molecular complexity index is 356. The highest BCUT2D eigenvalue weighted by molar-refractivity contribution is 5.93. The molecule has 0 aliphatic carbocycles. The van der Waals surface area contributed by atoms with Gasteiger partial charge in [-0.1, -0.05) is 0 Å². The van der Waals surface area contributed by atoms with Gasteiger partial charge in [-0.15, -0.1) is 0 Å². The van der Waals surface area contributed by atoms with Crippen molar-refractivity contribution in [2.24, 2.45) is 5.73 Å². The number of nitrogens with one attached hydrogen (secondary N) is 2. The first kappa shape index (κ1) is 15.8. The molecule has 9 nitrogen and oxygen atoms in total. The number of carbonyl (C=O) groups is 4. The van der Waals surface area contributed by atoms with Crippen LogP contribution in [0.2, 0.25) is 0 Å². The summed E-state index contributed by atoms with van der Waals surface area (Å²) in [6.45, 7) is 0. The molecule has 2 atom stereocenters. The van der Waals surface area contributed by atoms with Crippen molar-refractivity contribution in [3.05, 3.63) is 0 Å². The first-order chi connectivity index (χ1) is 8.27. The number of rotatable bonds is 7. The summed E-state index contributed by atoms with van der Waals surface area (Å²) in [5.74, 6) is -4.15. The second kappa shape index (κ2) is 7.22. The fourth-order valence-corrected chi connectivity index (χ4v) is 1.12. The zero-order valence-electron chi connectivity index (χ0n) is 9.67. The summed E-state index contributed by atoms with van der Waals surface area (Å²) in [5, 5.41) is 21.3. The molecule has 18 heavy (non-hydrogen) atoms. The van der Waals surface area contributed by atoms with Crippen LogP contribution in [0.5, 0.6) is 0 Å². The van der Waals surface area contributed by atoms with E-state index < -0.39 is 48.7 Å². The summed E-state index contributed by atoms with van der Waals surface area (Å²) < 4.78 is 0. The maximum Gasteiger partial charge on any atom is 0.305 e. The smallest absolute Gasteiger partial charge is 0.305 e. The summed E-state index contributed by atoms with van der Waals surface area (Å²) >= 11 is 0. The van der Waals surface area contributed by atoms with Crippen molar-refractivity contribution in [1.29, 1.82) is 0 Å². The van der Waals surface area contributed by atoms with Crippen LogP contribution in [0.4, 0.5) is 0 Å². The number of hydrogen-bond donors (Lipinski definition) is 5. The van der Waals surface area contributed by atoms with Gasteiger partial charge in [-0.2, -0.15) is 0 Å². The van der Waals surface area contributed by atoms with E-state index in [0.29, 0.717) is 0 Å². The highest BCUT2D eigenvalue weighted by atomic mass is 16.4. The standard InChI is InChI=1S/C9H15N3O6/c1-11-9(18)5(3-7(15)16)12-8(17)4(10)2-6(13)14/h4-5H,2-3,10H2,1H3,(H,11,18)(H,12,17)(H,13,14)(H,15,16). The summed E-state index contributed by atoms with van der Waals surface area (Å²) in [7, 11) is 1.28. The second-order valence-electron chi connectivity index (χ2n) is 3.48. The van der Waals surface area contributed by atoms with Crippen LogP contribution < -0.4 is 16.4 Å². The lowest BCUT2D eigenvalue weighted by molar-refractivity contribution is -0.142. The Hall–Kier alpha value is -2.16. The molecule has 0 bridgehead atoms. The fourth-order valence-electron chi connectivity index (χ4n) is 1.12. The maximum atomic E-state index is 11.4. The van der Waals surface area contributed by atoms with Gasteiger partial charge in [0.05, 0.1) is 18.9 Å². The van der Waals surface area contributed by atoms with Gasteiger partial charge in [0.25, 0.3) is 0 Å². The Morgan fingerprint density at radius 2 is 1.56 bits per heavy atom. The largest absolute Gasteiger partial charge is 0.481 e. The number of aliphatic carboxylic acids is 2. The molecule has 0 rings (SSSR count). The van der Waals surface area contributed by atoms with E-state index in [4.69, 9.17) is 15.9 Å². The quantitative estimate of drug-likeness (QED) is 0.338. The molecular formula is C9H15N3O6. The number of carboxylic acid groups (broad SMARTS) is 2. The molecule has 0 aliphatic heterocycles. The van der Waals surface area contributed by atoms with Crippen LogP contribution in [-0.4, -0.2) is 53.1 Å². The molecule has 9 heteroatoms. The maximum absolute atomic E-state index is 11.4. The number of amides is 2. The van der Waals surface area contributed by atoms with Crippen molar-refractivity contribution < 1.29 is 29.4 Å². The molecule has 0 radical (unpaired) electrons. The normalized spacial score (nSPS) is 13.2. The molecule has 2 unspecified atom stereocenters. The van der Waals surface area contributed by atoms with Gasteiger partial charge >= 0.3 is 11.9 Å². The predicted molar refractivity (Wildman–Crippen MR) is 58.5 cm³/mol. The number of carbonyl (C=O) groups excluding carboxylic acids is 2. The zero-order valence-corrected chi connectivity index (χ0v) is 9.67. The van der Waals surface area contributed by atoms with Crippen LogP contribution in [-0.2, 0) is 19.2 Å². The number of likely N-dealkylation sites (N-methyl/N-ethyl adjacent to an activating group) is 1. The van der Waals surface area contributed by atoms with E-state index in [1.807, 2.05) is 0 Å². The van der Waals surface area contributed by atoms with Crippen molar-refractivity contribution in [3.8, 4) is 0 Å². The van der Waals surface area contributed by atoms with Crippen molar-refractivity contribution in [1.82, 2.24) is 10.6 Å². The highest BCUT2D eigenvalue weighted by Crippen LogP contribution is 1.96. The molecule has 0 aromatic carbocycles. The lowest BCUT2D eigenvalue weighted by Crippen LogP contribution is -2.52. The third-order valence-corrected chi connectivity index (χ3v) is 1.99. The van der Waals surface area contributed by atoms with Gasteiger partial charge in [0.2, 0.25) is 11.8 Å². The molecule has 6 N–H and O–H groups in total. The molecule has 0 spiro atoms. The van der Waals surface area contributed by atoms with E-state index >= 15 is 0 Å². The van der Waals surface area contributed by atoms with Crippen molar-refractivity contribution in [3.63, 3.8) is 0 Å². The topological polar surface area (TPSA) is 159 Å². The van der Waals surface area contributed by atoms with E-state index in [0.717, 1.165) is 0 Å². The molecule has 0 aliphatic rings. The minimum absolute atomic E-state index is 0.612. The minimum Gasteiger partial charge on any atom is -0.481 e. The first-order valence-electron chi connectivity index (χ1n) is 4.99. The lowest BCUT2D eigenvalue weighted by Gasteiger charge is -2.17. The first-order valence-corrected chi connectivity index (χ1v) is 4.99. The Balaban J connectivity index is 4.56. The van der Waals surface area contributed by atoms with E-state index in [9.17, 15) is 19.2 Å². The molecule has 0 saturated carbocycles. The summed E-state index contributed by atoms with van der Waals surface area (Å²) in [4.78, 5) is 43.5. The fraction of sp³-hybridized carbons (Fsp3) is 0.556. The summed E-state index contributed by atoms with van der Waals surface area (Å²) in [6.07, 6.45) is -1.23. The van der Waals surface area contributed by atoms with E-state index in [1.165, 1.54) is 7.05 Å². The van der Waals surface area contributed by atoms with Gasteiger partial charge in [-0.25, -0.2) is 0 Å². The highest BCUT2D eigenvalue weighted by Gasteiger charge is 2.26.